The van der Waals surface area contributed by atoms with E-state index >= 15 is 0 Å². The van der Waals surface area contributed by atoms with Crippen molar-refractivity contribution in [1.82, 2.24) is 10.6 Å². The largest absolute Gasteiger partial charge is 0.394 e. The van der Waals surface area contributed by atoms with Gasteiger partial charge in [0.15, 0.2) is 0 Å². The van der Waals surface area contributed by atoms with Crippen LogP contribution in [0.1, 0.15) is 31.9 Å². The first-order chi connectivity index (χ1) is 8.67. The molecule has 1 unspecified atom stereocenters. The summed E-state index contributed by atoms with van der Waals surface area (Å²) < 4.78 is 0. The molecule has 0 aliphatic heterocycles. The van der Waals surface area contributed by atoms with E-state index in [0.717, 1.165) is 12.1 Å². The summed E-state index contributed by atoms with van der Waals surface area (Å²) in [5.41, 5.74) is 0.921. The van der Waals surface area contributed by atoms with Gasteiger partial charge in [-0.15, -0.1) is 0 Å². The smallest absolute Gasteiger partial charge is 0.222 e. The quantitative estimate of drug-likeness (QED) is 0.682. The predicted octanol–water partition coefficient (Wildman–Crippen LogP) is 1.22. The highest BCUT2D eigenvalue weighted by Crippen LogP contribution is 2.11. The van der Waals surface area contributed by atoms with Crippen molar-refractivity contribution in [3.63, 3.8) is 0 Å². The van der Waals surface area contributed by atoms with Crippen LogP contribution >= 0.6 is 0 Å². The SMILES string of the molecule is CCNC(C)CC(=O)N[C@H](CO)c1ccccc1. The third-order valence-corrected chi connectivity index (χ3v) is 2.76. The second-order valence-corrected chi connectivity index (χ2v) is 4.38. The highest BCUT2D eigenvalue weighted by Gasteiger charge is 2.14. The lowest BCUT2D eigenvalue weighted by Gasteiger charge is -2.18. The number of nitrogens with one attached hydrogen (secondary N) is 2. The first-order valence-electron chi connectivity index (χ1n) is 6.36. The van der Waals surface area contributed by atoms with Gasteiger partial charge in [0.05, 0.1) is 12.6 Å². The van der Waals surface area contributed by atoms with E-state index in [-0.39, 0.29) is 24.6 Å². The van der Waals surface area contributed by atoms with Gasteiger partial charge in [0.2, 0.25) is 5.91 Å². The molecule has 0 heterocycles. The number of carbonyl (C=O) groups is 1. The van der Waals surface area contributed by atoms with Crippen molar-refractivity contribution in [1.29, 1.82) is 0 Å². The van der Waals surface area contributed by atoms with Gasteiger partial charge in [-0.2, -0.15) is 0 Å². The third kappa shape index (κ3) is 4.85. The summed E-state index contributed by atoms with van der Waals surface area (Å²) >= 11 is 0. The number of rotatable bonds is 7. The zero-order valence-corrected chi connectivity index (χ0v) is 11.0. The van der Waals surface area contributed by atoms with Crippen LogP contribution in [0.2, 0.25) is 0 Å². The highest BCUT2D eigenvalue weighted by atomic mass is 16.3. The Morgan fingerprint density at radius 1 is 1.33 bits per heavy atom. The van der Waals surface area contributed by atoms with Crippen molar-refractivity contribution < 1.29 is 9.90 Å². The molecule has 0 aromatic heterocycles. The molecule has 0 aliphatic rings. The van der Waals surface area contributed by atoms with Gasteiger partial charge < -0.3 is 15.7 Å². The summed E-state index contributed by atoms with van der Waals surface area (Å²) in [6.07, 6.45) is 0.414. The van der Waals surface area contributed by atoms with Crippen molar-refractivity contribution in [2.24, 2.45) is 0 Å². The fourth-order valence-electron chi connectivity index (χ4n) is 1.87. The maximum Gasteiger partial charge on any atom is 0.222 e. The van der Waals surface area contributed by atoms with E-state index in [4.69, 9.17) is 0 Å². The summed E-state index contributed by atoms with van der Waals surface area (Å²) in [6, 6.07) is 9.31. The monoisotopic (exact) mass is 250 g/mol. The number of aliphatic hydroxyl groups excluding tert-OH is 1. The minimum Gasteiger partial charge on any atom is -0.394 e. The average molecular weight is 250 g/mol. The van der Waals surface area contributed by atoms with E-state index in [2.05, 4.69) is 10.6 Å². The third-order valence-electron chi connectivity index (χ3n) is 2.76. The van der Waals surface area contributed by atoms with Crippen LogP contribution < -0.4 is 10.6 Å². The zero-order valence-electron chi connectivity index (χ0n) is 11.0. The van der Waals surface area contributed by atoms with Crippen LogP contribution in [0.3, 0.4) is 0 Å². The van der Waals surface area contributed by atoms with Crippen molar-refractivity contribution >= 4 is 5.91 Å². The van der Waals surface area contributed by atoms with Crippen LogP contribution in [0.15, 0.2) is 30.3 Å². The van der Waals surface area contributed by atoms with Gasteiger partial charge in [0.1, 0.15) is 0 Å². The molecule has 1 amide bonds. The van der Waals surface area contributed by atoms with Gasteiger partial charge in [0, 0.05) is 12.5 Å². The minimum atomic E-state index is -0.326. The normalized spacial score (nSPS) is 13.9. The van der Waals surface area contributed by atoms with Crippen molar-refractivity contribution in [3.8, 4) is 0 Å². The van der Waals surface area contributed by atoms with Gasteiger partial charge in [-0.3, -0.25) is 4.79 Å². The zero-order chi connectivity index (χ0) is 13.4. The topological polar surface area (TPSA) is 61.4 Å². The van der Waals surface area contributed by atoms with Crippen molar-refractivity contribution in [3.05, 3.63) is 35.9 Å². The molecule has 0 bridgehead atoms. The molecule has 3 N–H and O–H groups in total. The van der Waals surface area contributed by atoms with Gasteiger partial charge in [0.25, 0.3) is 0 Å². The Hall–Kier alpha value is -1.39. The Morgan fingerprint density at radius 3 is 2.56 bits per heavy atom. The fraction of sp³-hybridized carbons (Fsp3) is 0.500. The first-order valence-corrected chi connectivity index (χ1v) is 6.36. The molecule has 0 fully saturated rings. The van der Waals surface area contributed by atoms with E-state index < -0.39 is 0 Å². The van der Waals surface area contributed by atoms with Crippen molar-refractivity contribution in [2.45, 2.75) is 32.4 Å². The molecular weight excluding hydrogens is 228 g/mol. The lowest BCUT2D eigenvalue weighted by atomic mass is 10.1. The van der Waals surface area contributed by atoms with Gasteiger partial charge in [-0.1, -0.05) is 37.3 Å². The van der Waals surface area contributed by atoms with Gasteiger partial charge in [-0.25, -0.2) is 0 Å². The fourth-order valence-corrected chi connectivity index (χ4v) is 1.87. The Balaban J connectivity index is 2.51. The van der Waals surface area contributed by atoms with Crippen LogP contribution in [0.4, 0.5) is 0 Å². The van der Waals surface area contributed by atoms with Crippen LogP contribution in [0.25, 0.3) is 0 Å². The second kappa shape index (κ2) is 7.84. The van der Waals surface area contributed by atoms with E-state index in [1.807, 2.05) is 44.2 Å². The Kier molecular flexibility index (Phi) is 6.39. The Morgan fingerprint density at radius 2 is 2.00 bits per heavy atom. The number of carbonyl (C=O) groups excluding carboxylic acids is 1. The van der Waals surface area contributed by atoms with E-state index in [1.165, 1.54) is 0 Å². The summed E-state index contributed by atoms with van der Waals surface area (Å²) in [5.74, 6) is -0.0497. The van der Waals surface area contributed by atoms with E-state index in [9.17, 15) is 9.90 Å². The maximum absolute atomic E-state index is 11.8. The molecule has 0 saturated heterocycles. The summed E-state index contributed by atoms with van der Waals surface area (Å²) in [5, 5.41) is 15.4. The summed E-state index contributed by atoms with van der Waals surface area (Å²) in [4.78, 5) is 11.8. The highest BCUT2D eigenvalue weighted by molar-refractivity contribution is 5.77. The first kappa shape index (κ1) is 14.7. The summed E-state index contributed by atoms with van der Waals surface area (Å²) in [6.45, 7) is 4.73. The summed E-state index contributed by atoms with van der Waals surface area (Å²) in [7, 11) is 0. The molecule has 4 heteroatoms. The molecule has 100 valence electrons. The average Bonchev–Trinajstić information content (AvgIpc) is 2.37. The van der Waals surface area contributed by atoms with Crippen LogP contribution in [0.5, 0.6) is 0 Å². The molecule has 0 saturated carbocycles. The second-order valence-electron chi connectivity index (χ2n) is 4.38. The molecule has 0 radical (unpaired) electrons. The minimum absolute atomic E-state index is 0.0497. The standard InChI is InChI=1S/C14H22N2O2/c1-3-15-11(2)9-14(18)16-13(10-17)12-7-5-4-6-8-12/h4-8,11,13,15,17H,3,9-10H2,1-2H3,(H,16,18)/t11?,13-/m1/s1. The molecule has 18 heavy (non-hydrogen) atoms. The number of hydrogen-bond acceptors (Lipinski definition) is 3. The lowest BCUT2D eigenvalue weighted by molar-refractivity contribution is -0.122. The Bertz CT molecular complexity index is 354. The molecule has 4 nitrogen and oxygen atoms in total. The maximum atomic E-state index is 11.8. The molecular formula is C14H22N2O2. The molecule has 1 rings (SSSR count). The molecule has 0 aliphatic carbocycles. The number of aliphatic hydroxyl groups is 1. The van der Waals surface area contributed by atoms with Crippen molar-refractivity contribution in [2.75, 3.05) is 13.2 Å². The van der Waals surface area contributed by atoms with Crippen LogP contribution in [-0.4, -0.2) is 30.2 Å². The number of benzene rings is 1. The van der Waals surface area contributed by atoms with E-state index in [0.29, 0.717) is 6.42 Å². The molecule has 2 atom stereocenters. The Labute approximate surface area is 108 Å². The van der Waals surface area contributed by atoms with Gasteiger partial charge >= 0.3 is 0 Å². The van der Waals surface area contributed by atoms with Crippen LogP contribution in [0, 0.1) is 0 Å². The molecule has 0 spiro atoms. The number of hydrogen-bond donors (Lipinski definition) is 3. The van der Waals surface area contributed by atoms with Gasteiger partial charge in [-0.05, 0) is 19.0 Å². The number of amides is 1. The lowest BCUT2D eigenvalue weighted by Crippen LogP contribution is -2.36. The van der Waals surface area contributed by atoms with Crippen LogP contribution in [-0.2, 0) is 4.79 Å². The molecule has 1 aromatic rings. The molecule has 1 aromatic carbocycles. The van der Waals surface area contributed by atoms with E-state index in [1.54, 1.807) is 0 Å². The predicted molar refractivity (Wildman–Crippen MR) is 72.2 cm³/mol.